The molecular formula is C24H29F3N2O2. The largest absolute Gasteiger partial charge is 0.372 e. The van der Waals surface area contributed by atoms with E-state index in [1.165, 1.54) is 18.2 Å². The van der Waals surface area contributed by atoms with Gasteiger partial charge in [-0.3, -0.25) is 4.79 Å². The van der Waals surface area contributed by atoms with Gasteiger partial charge >= 0.3 is 0 Å². The van der Waals surface area contributed by atoms with Gasteiger partial charge in [0.15, 0.2) is 0 Å². The maximum atomic E-state index is 14.8. The Balaban J connectivity index is 1.72. The van der Waals surface area contributed by atoms with Gasteiger partial charge in [-0.25, -0.2) is 13.2 Å². The van der Waals surface area contributed by atoms with Crippen LogP contribution in [0.25, 0.3) is 0 Å². The summed E-state index contributed by atoms with van der Waals surface area (Å²) >= 11 is 0. The van der Waals surface area contributed by atoms with Crippen LogP contribution in [0.1, 0.15) is 50.8 Å². The molecule has 0 radical (unpaired) electrons. The highest BCUT2D eigenvalue weighted by Gasteiger charge is 2.23. The van der Waals surface area contributed by atoms with Crippen molar-refractivity contribution in [2.45, 2.75) is 46.6 Å². The van der Waals surface area contributed by atoms with Crippen molar-refractivity contribution in [3.05, 3.63) is 58.9 Å². The van der Waals surface area contributed by atoms with Crippen LogP contribution in [-0.2, 0) is 9.53 Å². The highest BCUT2D eigenvalue weighted by Crippen LogP contribution is 2.31. The second-order valence-corrected chi connectivity index (χ2v) is 9.24. The number of anilines is 2. The molecule has 0 saturated carbocycles. The molecule has 1 heterocycles. The Bertz CT molecular complexity index is 913. The molecule has 0 aromatic heterocycles. The number of rotatable bonds is 4. The van der Waals surface area contributed by atoms with Crippen molar-refractivity contribution < 1.29 is 22.7 Å². The Morgan fingerprint density at radius 2 is 1.77 bits per heavy atom. The molecule has 2 aromatic carbocycles. The third kappa shape index (κ3) is 6.23. The van der Waals surface area contributed by atoms with E-state index in [9.17, 15) is 18.0 Å². The van der Waals surface area contributed by atoms with Gasteiger partial charge in [-0.2, -0.15) is 0 Å². The van der Waals surface area contributed by atoms with Crippen LogP contribution in [0.5, 0.6) is 0 Å². The minimum Gasteiger partial charge on any atom is -0.372 e. The molecule has 0 aliphatic carbocycles. The number of carbonyl (C=O) groups excluding carboxylic acids is 1. The first-order valence-corrected chi connectivity index (χ1v) is 10.4. The van der Waals surface area contributed by atoms with Crippen molar-refractivity contribution in [3.8, 4) is 0 Å². The number of hydrogen-bond acceptors (Lipinski definition) is 3. The van der Waals surface area contributed by atoms with Crippen LogP contribution in [0.2, 0.25) is 0 Å². The predicted octanol–water partition coefficient (Wildman–Crippen LogP) is 5.76. The van der Waals surface area contributed by atoms with Crippen molar-refractivity contribution in [2.24, 2.45) is 5.41 Å². The maximum absolute atomic E-state index is 14.8. The van der Waals surface area contributed by atoms with Crippen LogP contribution < -0.4 is 10.2 Å². The molecule has 1 saturated heterocycles. The number of benzene rings is 2. The summed E-state index contributed by atoms with van der Waals surface area (Å²) in [7, 11) is 0. The van der Waals surface area contributed by atoms with Crippen molar-refractivity contribution in [3.63, 3.8) is 0 Å². The van der Waals surface area contributed by atoms with Gasteiger partial charge < -0.3 is 15.0 Å². The maximum Gasteiger partial charge on any atom is 0.224 e. The first kappa shape index (κ1) is 23.1. The summed E-state index contributed by atoms with van der Waals surface area (Å²) in [5.74, 6) is -2.00. The first-order chi connectivity index (χ1) is 14.5. The average Bonchev–Trinajstić information content (AvgIpc) is 2.88. The standard InChI is InChI=1S/C24H29F3N2O2/c1-15-9-19(13-20(27)23(15)28-22(30)14-24(2,3)4)29-6-5-21(31-8-7-29)16-10-17(25)12-18(26)11-16/h9-13,21H,5-8,14H2,1-4H3,(H,28,30)/t21-/m1/s1. The fourth-order valence-electron chi connectivity index (χ4n) is 3.79. The highest BCUT2D eigenvalue weighted by atomic mass is 19.1. The lowest BCUT2D eigenvalue weighted by atomic mass is 9.92. The second-order valence-electron chi connectivity index (χ2n) is 9.24. The fourth-order valence-corrected chi connectivity index (χ4v) is 3.79. The van der Waals surface area contributed by atoms with Gasteiger partial charge in [-0.05, 0) is 54.2 Å². The molecule has 1 aliphatic rings. The van der Waals surface area contributed by atoms with Crippen LogP contribution in [0.3, 0.4) is 0 Å². The summed E-state index contributed by atoms with van der Waals surface area (Å²) in [6.45, 7) is 9.00. The first-order valence-electron chi connectivity index (χ1n) is 10.4. The molecule has 1 fully saturated rings. The molecule has 1 atom stereocenters. The van der Waals surface area contributed by atoms with Gasteiger partial charge in [0.25, 0.3) is 0 Å². The summed E-state index contributed by atoms with van der Waals surface area (Å²) < 4.78 is 47.8. The monoisotopic (exact) mass is 434 g/mol. The molecular weight excluding hydrogens is 405 g/mol. The molecule has 2 aromatic rings. The summed E-state index contributed by atoms with van der Waals surface area (Å²) in [6.07, 6.45) is 0.365. The van der Waals surface area contributed by atoms with Gasteiger partial charge in [-0.1, -0.05) is 20.8 Å². The Morgan fingerprint density at radius 1 is 1.10 bits per heavy atom. The van der Waals surface area contributed by atoms with Crippen molar-refractivity contribution in [2.75, 3.05) is 29.9 Å². The summed E-state index contributed by atoms with van der Waals surface area (Å²) in [5.41, 5.74) is 1.77. The molecule has 7 heteroatoms. The van der Waals surface area contributed by atoms with Gasteiger partial charge in [0.1, 0.15) is 17.5 Å². The minimum atomic E-state index is -0.638. The molecule has 0 unspecified atom stereocenters. The van der Waals surface area contributed by atoms with Gasteiger partial charge in [0.05, 0.1) is 18.4 Å². The van der Waals surface area contributed by atoms with Crippen LogP contribution in [0, 0.1) is 29.8 Å². The molecule has 0 spiro atoms. The van der Waals surface area contributed by atoms with Crippen LogP contribution in [-0.4, -0.2) is 25.6 Å². The minimum absolute atomic E-state index is 0.192. The smallest absolute Gasteiger partial charge is 0.224 e. The number of nitrogens with zero attached hydrogens (tertiary/aromatic N) is 1. The van der Waals surface area contributed by atoms with Crippen molar-refractivity contribution in [1.29, 1.82) is 0 Å². The Labute approximate surface area is 181 Å². The molecule has 1 aliphatic heterocycles. The van der Waals surface area contributed by atoms with Crippen LogP contribution in [0.4, 0.5) is 24.5 Å². The molecule has 1 N–H and O–H groups in total. The van der Waals surface area contributed by atoms with E-state index >= 15 is 0 Å². The molecule has 31 heavy (non-hydrogen) atoms. The van der Waals surface area contributed by atoms with Gasteiger partial charge in [0.2, 0.25) is 5.91 Å². The van der Waals surface area contributed by atoms with E-state index in [1.807, 2.05) is 31.7 Å². The van der Waals surface area contributed by atoms with E-state index in [4.69, 9.17) is 4.74 Å². The number of ether oxygens (including phenoxy) is 1. The summed E-state index contributed by atoms with van der Waals surface area (Å²) in [5, 5.41) is 2.69. The number of amides is 1. The Hall–Kier alpha value is -2.54. The summed E-state index contributed by atoms with van der Waals surface area (Å²) in [6, 6.07) is 6.63. The number of aryl methyl sites for hydroxylation is 1. The van der Waals surface area contributed by atoms with Crippen LogP contribution in [0.15, 0.2) is 30.3 Å². The molecule has 3 rings (SSSR count). The van der Waals surface area contributed by atoms with Crippen molar-refractivity contribution in [1.82, 2.24) is 0 Å². The summed E-state index contributed by atoms with van der Waals surface area (Å²) in [4.78, 5) is 14.2. The lowest BCUT2D eigenvalue weighted by molar-refractivity contribution is -0.117. The zero-order valence-corrected chi connectivity index (χ0v) is 18.4. The zero-order chi connectivity index (χ0) is 22.8. The van der Waals surface area contributed by atoms with Crippen molar-refractivity contribution >= 4 is 17.3 Å². The van der Waals surface area contributed by atoms with E-state index in [2.05, 4.69) is 5.32 Å². The predicted molar refractivity (Wildman–Crippen MR) is 116 cm³/mol. The molecule has 1 amide bonds. The van der Waals surface area contributed by atoms with E-state index in [0.29, 0.717) is 49.4 Å². The zero-order valence-electron chi connectivity index (χ0n) is 18.4. The number of nitrogens with one attached hydrogen (secondary N) is 1. The van der Waals surface area contributed by atoms with E-state index < -0.39 is 23.6 Å². The number of hydrogen-bond donors (Lipinski definition) is 1. The third-order valence-corrected chi connectivity index (χ3v) is 5.19. The highest BCUT2D eigenvalue weighted by molar-refractivity contribution is 5.92. The Morgan fingerprint density at radius 3 is 2.39 bits per heavy atom. The van der Waals surface area contributed by atoms with E-state index in [1.54, 1.807) is 6.92 Å². The van der Waals surface area contributed by atoms with Gasteiger partial charge in [-0.15, -0.1) is 0 Å². The Kier molecular flexibility index (Phi) is 6.94. The molecule has 4 nitrogen and oxygen atoms in total. The number of halogens is 3. The van der Waals surface area contributed by atoms with Crippen LogP contribution >= 0.6 is 0 Å². The lowest BCUT2D eigenvalue weighted by Gasteiger charge is -2.24. The number of carbonyl (C=O) groups is 1. The molecule has 168 valence electrons. The topological polar surface area (TPSA) is 41.6 Å². The lowest BCUT2D eigenvalue weighted by Crippen LogP contribution is -2.26. The van der Waals surface area contributed by atoms with E-state index in [-0.39, 0.29) is 17.0 Å². The molecule has 0 bridgehead atoms. The third-order valence-electron chi connectivity index (χ3n) is 5.19. The fraction of sp³-hybridized carbons (Fsp3) is 0.458. The second kappa shape index (κ2) is 9.30. The SMILES string of the molecule is Cc1cc(N2CCO[C@@H](c3cc(F)cc(F)c3)CC2)cc(F)c1NC(=O)CC(C)(C)C. The quantitative estimate of drug-likeness (QED) is 0.666. The van der Waals surface area contributed by atoms with Gasteiger partial charge in [0, 0.05) is 31.3 Å². The average molecular weight is 435 g/mol. The van der Waals surface area contributed by atoms with E-state index in [0.717, 1.165) is 6.07 Å². The normalized spacial score (nSPS) is 17.4.